The Hall–Kier alpha value is -2.96. The Morgan fingerprint density at radius 2 is 1.60 bits per heavy atom. The molecule has 3 aromatic rings. The number of likely N-dealkylation sites (tertiary alicyclic amines) is 1. The van der Waals surface area contributed by atoms with Crippen LogP contribution in [-0.2, 0) is 23.7 Å². The number of carbonyl (C=O) groups is 1. The molecule has 0 bridgehead atoms. The number of rotatable bonds is 4. The summed E-state index contributed by atoms with van der Waals surface area (Å²) in [6, 6.07) is 1.48. The molecule has 0 saturated carbocycles. The number of nitrogens with zero attached hydrogens (tertiary/aromatic N) is 5. The van der Waals surface area contributed by atoms with Gasteiger partial charge >= 0.3 is 12.4 Å². The first-order valence-corrected chi connectivity index (χ1v) is 11.6. The molecule has 4 rings (SSSR count). The molecule has 13 heteroatoms. The lowest BCUT2D eigenvalue weighted by atomic mass is 9.94. The molecule has 2 aromatic heterocycles. The van der Waals surface area contributed by atoms with E-state index >= 15 is 0 Å². The second-order valence-electron chi connectivity index (χ2n) is 8.39. The molecule has 0 radical (unpaired) electrons. The largest absolute Gasteiger partial charge is 0.416 e. The summed E-state index contributed by atoms with van der Waals surface area (Å²) in [5.41, 5.74) is -2.37. The molecule has 1 amide bonds. The number of hydrogen-bond donors (Lipinski definition) is 0. The number of piperidine rings is 1. The van der Waals surface area contributed by atoms with Crippen LogP contribution in [0.15, 0.2) is 23.6 Å². The summed E-state index contributed by atoms with van der Waals surface area (Å²) in [6.07, 6.45) is -8.67. The summed E-state index contributed by atoms with van der Waals surface area (Å²) in [4.78, 5) is 22.9. The van der Waals surface area contributed by atoms with Gasteiger partial charge in [0, 0.05) is 30.0 Å². The molecule has 0 N–H and O–H groups in total. The van der Waals surface area contributed by atoms with Crippen molar-refractivity contribution in [1.29, 1.82) is 0 Å². The zero-order chi connectivity index (χ0) is 25.5. The monoisotopic (exact) mass is 517 g/mol. The molecule has 0 atom stereocenters. The molecule has 0 spiro atoms. The highest BCUT2D eigenvalue weighted by Gasteiger charge is 2.37. The van der Waals surface area contributed by atoms with Gasteiger partial charge in [0.15, 0.2) is 0 Å². The third-order valence-electron chi connectivity index (χ3n) is 5.87. The van der Waals surface area contributed by atoms with Crippen molar-refractivity contribution < 1.29 is 31.1 Å². The Labute approximate surface area is 200 Å². The highest BCUT2D eigenvalue weighted by molar-refractivity contribution is 7.13. The quantitative estimate of drug-likeness (QED) is 0.431. The number of benzene rings is 1. The van der Waals surface area contributed by atoms with E-state index in [9.17, 15) is 31.1 Å². The highest BCUT2D eigenvalue weighted by atomic mass is 32.1. The molecule has 1 saturated heterocycles. The van der Waals surface area contributed by atoms with Gasteiger partial charge in [-0.2, -0.15) is 31.4 Å². The third-order valence-corrected chi connectivity index (χ3v) is 6.78. The lowest BCUT2D eigenvalue weighted by molar-refractivity contribution is -0.143. The maximum absolute atomic E-state index is 13.2. The second kappa shape index (κ2) is 9.25. The van der Waals surface area contributed by atoms with Crippen LogP contribution >= 0.6 is 11.3 Å². The van der Waals surface area contributed by atoms with Crippen molar-refractivity contribution >= 4 is 17.2 Å². The predicted octanol–water partition coefficient (Wildman–Crippen LogP) is 5.46. The topological polar surface area (TPSA) is 63.9 Å². The Bertz CT molecular complexity index is 1190. The van der Waals surface area contributed by atoms with Crippen LogP contribution in [0.5, 0.6) is 0 Å². The maximum atomic E-state index is 13.2. The lowest BCUT2D eigenvalue weighted by Crippen LogP contribution is -2.40. The number of carbonyl (C=O) groups excluding carboxylic acids is 1. The number of aryl methyl sites for hydroxylation is 2. The highest BCUT2D eigenvalue weighted by Crippen LogP contribution is 2.40. The molecule has 0 unspecified atom stereocenters. The van der Waals surface area contributed by atoms with Gasteiger partial charge < -0.3 is 4.90 Å². The van der Waals surface area contributed by atoms with Crippen molar-refractivity contribution in [3.05, 3.63) is 52.0 Å². The van der Waals surface area contributed by atoms with Crippen molar-refractivity contribution in [2.45, 2.75) is 51.5 Å². The summed E-state index contributed by atoms with van der Waals surface area (Å²) in [5.74, 6) is 1.08. The first-order valence-electron chi connectivity index (χ1n) is 10.7. The summed E-state index contributed by atoms with van der Waals surface area (Å²) in [7, 11) is 0. The number of aromatic nitrogens is 4. The first kappa shape index (κ1) is 25.1. The van der Waals surface area contributed by atoms with Gasteiger partial charge in [0.2, 0.25) is 5.91 Å². The third kappa shape index (κ3) is 5.65. The summed E-state index contributed by atoms with van der Waals surface area (Å²) < 4.78 is 80.7. The molecule has 35 heavy (non-hydrogen) atoms. The summed E-state index contributed by atoms with van der Waals surface area (Å²) in [6.45, 7) is 4.51. The van der Waals surface area contributed by atoms with Crippen LogP contribution in [-0.4, -0.2) is 43.6 Å². The van der Waals surface area contributed by atoms with Gasteiger partial charge in [-0.25, -0.2) is 14.6 Å². The Morgan fingerprint density at radius 3 is 2.11 bits per heavy atom. The van der Waals surface area contributed by atoms with E-state index in [-0.39, 0.29) is 35.0 Å². The van der Waals surface area contributed by atoms with Crippen molar-refractivity contribution in [3.63, 3.8) is 0 Å². The second-order valence-corrected chi connectivity index (χ2v) is 9.25. The van der Waals surface area contributed by atoms with Gasteiger partial charge in [0.1, 0.15) is 23.2 Å². The maximum Gasteiger partial charge on any atom is 0.416 e. The van der Waals surface area contributed by atoms with E-state index in [2.05, 4.69) is 15.1 Å². The van der Waals surface area contributed by atoms with Crippen LogP contribution in [0.25, 0.3) is 10.6 Å². The average molecular weight is 517 g/mol. The first-order chi connectivity index (χ1) is 16.3. The van der Waals surface area contributed by atoms with Gasteiger partial charge in [-0.05, 0) is 44.9 Å². The lowest BCUT2D eigenvalue weighted by Gasteiger charge is -2.31. The number of halogens is 6. The number of alkyl halides is 6. The van der Waals surface area contributed by atoms with E-state index in [1.54, 1.807) is 28.8 Å². The zero-order valence-electron chi connectivity index (χ0n) is 18.7. The van der Waals surface area contributed by atoms with Gasteiger partial charge in [-0.15, -0.1) is 11.3 Å². The van der Waals surface area contributed by atoms with Crippen molar-refractivity contribution in [2.24, 2.45) is 0 Å². The Morgan fingerprint density at radius 1 is 1.00 bits per heavy atom. The normalized spacial score (nSPS) is 15.6. The number of hydrogen-bond acceptors (Lipinski definition) is 5. The standard InChI is InChI=1S/C22H21F6N5OS/c1-12-29-13(2)33(31-12)10-19(34)32-5-3-14(4-6-32)18-11-35-20(30-18)15-7-16(21(23,24)25)9-17(8-15)22(26,27)28/h7-9,11,14H,3-6,10H2,1-2H3. The minimum absolute atomic E-state index is 0.0488. The molecule has 1 aliphatic rings. The van der Waals surface area contributed by atoms with Crippen LogP contribution in [0.3, 0.4) is 0 Å². The van der Waals surface area contributed by atoms with Crippen LogP contribution in [0, 0.1) is 13.8 Å². The summed E-state index contributed by atoms with van der Waals surface area (Å²) >= 11 is 1.00. The van der Waals surface area contributed by atoms with Gasteiger partial charge in [0.25, 0.3) is 0 Å². The Kier molecular flexibility index (Phi) is 6.64. The van der Waals surface area contributed by atoms with Gasteiger partial charge in [-0.3, -0.25) is 4.79 Å². The Balaban J connectivity index is 1.46. The van der Waals surface area contributed by atoms with Gasteiger partial charge in [-0.1, -0.05) is 0 Å². The van der Waals surface area contributed by atoms with E-state index in [1.807, 2.05) is 0 Å². The van der Waals surface area contributed by atoms with Crippen LogP contribution in [0.2, 0.25) is 0 Å². The molecule has 3 heterocycles. The van der Waals surface area contributed by atoms with Crippen LogP contribution < -0.4 is 0 Å². The predicted molar refractivity (Wildman–Crippen MR) is 116 cm³/mol. The molecule has 6 nitrogen and oxygen atoms in total. The molecular formula is C22H21F6N5OS. The van der Waals surface area contributed by atoms with Crippen molar-refractivity contribution in [1.82, 2.24) is 24.6 Å². The van der Waals surface area contributed by atoms with E-state index in [1.165, 1.54) is 0 Å². The molecule has 188 valence electrons. The minimum atomic E-state index is -4.92. The molecule has 1 aliphatic heterocycles. The number of thiazole rings is 1. The number of amides is 1. The summed E-state index contributed by atoms with van der Waals surface area (Å²) in [5, 5.41) is 5.94. The van der Waals surface area contributed by atoms with Gasteiger partial charge in [0.05, 0.1) is 16.8 Å². The van der Waals surface area contributed by atoms with E-state index < -0.39 is 23.5 Å². The SMILES string of the molecule is Cc1nc(C)n(CC(=O)N2CCC(c3csc(-c4cc(C(F)(F)F)cc(C(F)(F)F)c4)n3)CC2)n1. The fourth-order valence-electron chi connectivity index (χ4n) is 4.05. The molecular weight excluding hydrogens is 496 g/mol. The van der Waals surface area contributed by atoms with E-state index in [4.69, 9.17) is 0 Å². The minimum Gasteiger partial charge on any atom is -0.341 e. The van der Waals surface area contributed by atoms with Crippen LogP contribution in [0.4, 0.5) is 26.3 Å². The molecule has 0 aliphatic carbocycles. The van der Waals surface area contributed by atoms with Crippen molar-refractivity contribution in [3.8, 4) is 10.6 Å². The van der Waals surface area contributed by atoms with Crippen molar-refractivity contribution in [2.75, 3.05) is 13.1 Å². The zero-order valence-corrected chi connectivity index (χ0v) is 19.6. The fraction of sp³-hybridized carbons (Fsp3) is 0.455. The molecule has 1 fully saturated rings. The average Bonchev–Trinajstić information content (AvgIpc) is 3.39. The van der Waals surface area contributed by atoms with Crippen LogP contribution in [0.1, 0.15) is 47.2 Å². The van der Waals surface area contributed by atoms with E-state index in [0.29, 0.717) is 55.4 Å². The van der Waals surface area contributed by atoms with E-state index in [0.717, 1.165) is 11.3 Å². The smallest absolute Gasteiger partial charge is 0.341 e. The molecule has 1 aromatic carbocycles. The fourth-order valence-corrected chi connectivity index (χ4v) is 4.94.